The number of phosphoric acid groups is 1. The van der Waals surface area contributed by atoms with E-state index in [1.54, 1.807) is 0 Å². The number of quaternary nitrogens is 1. The molecule has 0 heterocycles. The standard InChI is InChI=1S/C54H102NO7P/c1-6-8-10-12-14-16-18-20-22-23-24-25-26-27-28-29-30-31-32-34-36-38-40-42-44-46-49-59-51-53(52-61-63(57,58)60-50-48-55(3,4)5)62-54(56)47-45-43-41-39-37-35-33-21-19-17-15-13-11-9-7-2/h18,20-21,23-24,26-27,33,53H,6-17,19,22,25,28-32,34-52H2,1-5H3/b20-18-,24-23-,27-26-,33-21-. The van der Waals surface area contributed by atoms with Crippen molar-refractivity contribution in [3.63, 3.8) is 0 Å². The topological polar surface area (TPSA) is 94.1 Å². The van der Waals surface area contributed by atoms with Crippen molar-refractivity contribution in [1.29, 1.82) is 0 Å². The van der Waals surface area contributed by atoms with Crippen molar-refractivity contribution in [1.82, 2.24) is 0 Å². The van der Waals surface area contributed by atoms with E-state index in [2.05, 4.69) is 62.5 Å². The molecule has 0 fully saturated rings. The van der Waals surface area contributed by atoms with Gasteiger partial charge in [-0.3, -0.25) is 9.36 Å². The zero-order valence-electron chi connectivity index (χ0n) is 42.0. The maximum Gasteiger partial charge on any atom is 0.306 e. The van der Waals surface area contributed by atoms with Crippen molar-refractivity contribution >= 4 is 13.8 Å². The molecule has 0 rings (SSSR count). The van der Waals surface area contributed by atoms with E-state index in [-0.39, 0.29) is 25.8 Å². The van der Waals surface area contributed by atoms with Crippen molar-refractivity contribution in [2.45, 2.75) is 238 Å². The second-order valence-corrected chi connectivity index (χ2v) is 20.3. The summed E-state index contributed by atoms with van der Waals surface area (Å²) in [6, 6.07) is 0. The second kappa shape index (κ2) is 47.0. The Bertz CT molecular complexity index is 1150. The lowest BCUT2D eigenvalue weighted by Gasteiger charge is -2.28. The van der Waals surface area contributed by atoms with E-state index in [0.717, 1.165) is 57.8 Å². The number of likely N-dealkylation sites (N-methyl/N-ethyl adjacent to an activating group) is 1. The number of carbonyl (C=O) groups is 1. The molecule has 0 spiro atoms. The third-order valence-corrected chi connectivity index (χ3v) is 12.3. The molecule has 0 aromatic rings. The third-order valence-electron chi connectivity index (χ3n) is 11.4. The number of phosphoric ester groups is 1. The number of esters is 1. The largest absolute Gasteiger partial charge is 0.756 e. The lowest BCUT2D eigenvalue weighted by molar-refractivity contribution is -0.870. The van der Waals surface area contributed by atoms with Crippen molar-refractivity contribution < 1.29 is 37.3 Å². The first-order valence-electron chi connectivity index (χ1n) is 26.4. The first-order chi connectivity index (χ1) is 30.6. The van der Waals surface area contributed by atoms with Crippen molar-refractivity contribution in [3.8, 4) is 0 Å². The first-order valence-corrected chi connectivity index (χ1v) is 27.8. The fourth-order valence-corrected chi connectivity index (χ4v) is 7.98. The number of allylic oxidation sites excluding steroid dienone is 8. The minimum Gasteiger partial charge on any atom is -0.756 e. The monoisotopic (exact) mass is 908 g/mol. The van der Waals surface area contributed by atoms with Gasteiger partial charge in [-0.05, 0) is 77.0 Å². The molecular weight excluding hydrogens is 806 g/mol. The van der Waals surface area contributed by atoms with Crippen LogP contribution in [0.5, 0.6) is 0 Å². The van der Waals surface area contributed by atoms with Crippen LogP contribution in [0.4, 0.5) is 0 Å². The molecule has 0 amide bonds. The van der Waals surface area contributed by atoms with Gasteiger partial charge in [0, 0.05) is 13.0 Å². The maximum absolute atomic E-state index is 12.7. The number of carbonyl (C=O) groups excluding carboxylic acids is 1. The Kier molecular flexibility index (Phi) is 45.8. The van der Waals surface area contributed by atoms with Gasteiger partial charge >= 0.3 is 5.97 Å². The summed E-state index contributed by atoms with van der Waals surface area (Å²) >= 11 is 0. The number of ether oxygens (including phenoxy) is 2. The molecule has 9 heteroatoms. The van der Waals surface area contributed by atoms with Gasteiger partial charge in [0.15, 0.2) is 0 Å². The molecule has 0 radical (unpaired) electrons. The van der Waals surface area contributed by atoms with Crippen LogP contribution in [0.15, 0.2) is 48.6 Å². The zero-order chi connectivity index (χ0) is 46.2. The second-order valence-electron chi connectivity index (χ2n) is 18.9. The van der Waals surface area contributed by atoms with E-state index < -0.39 is 13.9 Å². The Morgan fingerprint density at radius 2 is 0.873 bits per heavy atom. The van der Waals surface area contributed by atoms with E-state index in [1.165, 1.54) is 154 Å². The van der Waals surface area contributed by atoms with E-state index in [4.69, 9.17) is 18.5 Å². The van der Waals surface area contributed by atoms with Gasteiger partial charge in [-0.1, -0.05) is 197 Å². The van der Waals surface area contributed by atoms with E-state index in [0.29, 0.717) is 24.1 Å². The molecule has 63 heavy (non-hydrogen) atoms. The highest BCUT2D eigenvalue weighted by molar-refractivity contribution is 7.45. The Morgan fingerprint density at radius 1 is 0.492 bits per heavy atom. The van der Waals surface area contributed by atoms with Crippen molar-refractivity contribution in [3.05, 3.63) is 48.6 Å². The highest BCUT2D eigenvalue weighted by Gasteiger charge is 2.20. The van der Waals surface area contributed by atoms with Crippen LogP contribution in [-0.2, 0) is 27.9 Å². The summed E-state index contributed by atoms with van der Waals surface area (Å²) in [5.41, 5.74) is 0. The summed E-state index contributed by atoms with van der Waals surface area (Å²) in [7, 11) is 1.35. The van der Waals surface area contributed by atoms with Crippen LogP contribution >= 0.6 is 7.82 Å². The fourth-order valence-electron chi connectivity index (χ4n) is 7.25. The van der Waals surface area contributed by atoms with Gasteiger partial charge in [0.1, 0.15) is 19.3 Å². The van der Waals surface area contributed by atoms with E-state index in [9.17, 15) is 14.3 Å². The molecule has 2 atom stereocenters. The number of hydrogen-bond donors (Lipinski definition) is 0. The van der Waals surface area contributed by atoms with Gasteiger partial charge in [-0.25, -0.2) is 0 Å². The average Bonchev–Trinajstić information content (AvgIpc) is 3.24. The van der Waals surface area contributed by atoms with Gasteiger partial charge in [0.25, 0.3) is 7.82 Å². The molecule has 0 aromatic carbocycles. The minimum atomic E-state index is -4.53. The number of hydrogen-bond acceptors (Lipinski definition) is 7. The molecule has 0 aliphatic rings. The molecule has 0 aromatic heterocycles. The molecule has 0 bridgehead atoms. The Morgan fingerprint density at radius 3 is 1.32 bits per heavy atom. The van der Waals surface area contributed by atoms with Crippen LogP contribution in [0, 0.1) is 0 Å². The fraction of sp³-hybridized carbons (Fsp3) is 0.833. The predicted octanol–water partition coefficient (Wildman–Crippen LogP) is 15.7. The molecule has 0 N–H and O–H groups in total. The number of rotatable bonds is 49. The van der Waals surface area contributed by atoms with Crippen LogP contribution in [0.25, 0.3) is 0 Å². The van der Waals surface area contributed by atoms with E-state index in [1.807, 2.05) is 21.1 Å². The Hall–Kier alpha value is -1.54. The van der Waals surface area contributed by atoms with Gasteiger partial charge in [0.2, 0.25) is 0 Å². The highest BCUT2D eigenvalue weighted by Crippen LogP contribution is 2.38. The maximum atomic E-state index is 12.7. The summed E-state index contributed by atoms with van der Waals surface area (Å²) < 4.78 is 34.7. The number of nitrogens with zero attached hydrogens (tertiary/aromatic N) is 1. The van der Waals surface area contributed by atoms with Gasteiger partial charge in [0.05, 0.1) is 34.4 Å². The molecule has 370 valence electrons. The molecule has 0 aliphatic heterocycles. The van der Waals surface area contributed by atoms with Crippen LogP contribution in [-0.4, -0.2) is 70.7 Å². The summed E-state index contributed by atoms with van der Waals surface area (Å²) in [6.07, 6.45) is 58.5. The smallest absolute Gasteiger partial charge is 0.306 e. The summed E-state index contributed by atoms with van der Waals surface area (Å²) in [6.45, 7) is 5.40. The van der Waals surface area contributed by atoms with Gasteiger partial charge in [-0.15, -0.1) is 0 Å². The summed E-state index contributed by atoms with van der Waals surface area (Å²) in [5.74, 6) is -0.343. The SMILES string of the molecule is CCCCCCC/C=C\C/C=C\C/C=C\CCCCCCCCCCCCCOCC(COP(=O)([O-])OCC[N+](C)(C)C)OC(=O)CCCCCCC/C=C\CCCCCCCC. The predicted molar refractivity (Wildman–Crippen MR) is 268 cm³/mol. The van der Waals surface area contributed by atoms with E-state index >= 15 is 0 Å². The van der Waals surface area contributed by atoms with Crippen LogP contribution < -0.4 is 4.89 Å². The van der Waals surface area contributed by atoms with Crippen molar-refractivity contribution in [2.24, 2.45) is 0 Å². The Balaban J connectivity index is 4.09. The van der Waals surface area contributed by atoms with Crippen LogP contribution in [0.2, 0.25) is 0 Å². The molecule has 0 saturated heterocycles. The highest BCUT2D eigenvalue weighted by atomic mass is 31.2. The number of unbranched alkanes of at least 4 members (excludes halogenated alkanes) is 27. The van der Waals surface area contributed by atoms with Crippen LogP contribution in [0.3, 0.4) is 0 Å². The molecule has 0 aliphatic carbocycles. The van der Waals surface area contributed by atoms with Crippen molar-refractivity contribution in [2.75, 3.05) is 54.1 Å². The molecule has 8 nitrogen and oxygen atoms in total. The summed E-state index contributed by atoms with van der Waals surface area (Å²) in [4.78, 5) is 25.1. The summed E-state index contributed by atoms with van der Waals surface area (Å²) in [5, 5.41) is 0. The molecule has 0 saturated carbocycles. The Labute approximate surface area is 390 Å². The lowest BCUT2D eigenvalue weighted by Crippen LogP contribution is -2.37. The quantitative estimate of drug-likeness (QED) is 0.0197. The average molecular weight is 908 g/mol. The molecular formula is C54H102NO7P. The van der Waals surface area contributed by atoms with Gasteiger partial charge < -0.3 is 27.9 Å². The zero-order valence-corrected chi connectivity index (χ0v) is 42.9. The third kappa shape index (κ3) is 51.3. The molecule has 2 unspecified atom stereocenters. The lowest BCUT2D eigenvalue weighted by atomic mass is 10.1. The normalized spacial score (nSPS) is 13.9. The van der Waals surface area contributed by atoms with Gasteiger partial charge in [-0.2, -0.15) is 0 Å². The first kappa shape index (κ1) is 61.5. The van der Waals surface area contributed by atoms with Crippen LogP contribution in [0.1, 0.15) is 232 Å². The minimum absolute atomic E-state index is 0.0233.